The van der Waals surface area contributed by atoms with E-state index in [9.17, 15) is 9.59 Å². The number of carbonyl (C=O) groups is 2. The molecule has 5 heteroatoms. The van der Waals surface area contributed by atoms with Gasteiger partial charge >= 0.3 is 0 Å². The molecular weight excluding hydrogens is 264 g/mol. The van der Waals surface area contributed by atoms with Gasteiger partial charge in [-0.05, 0) is 36.2 Å². The first-order valence-electron chi connectivity index (χ1n) is 5.80. The van der Waals surface area contributed by atoms with Gasteiger partial charge in [-0.2, -0.15) is 0 Å². The fourth-order valence-corrected chi connectivity index (χ4v) is 2.46. The summed E-state index contributed by atoms with van der Waals surface area (Å²) in [6, 6.07) is 6.68. The highest BCUT2D eigenvalue weighted by Crippen LogP contribution is 2.30. The molecule has 1 heterocycles. The van der Waals surface area contributed by atoms with Crippen molar-refractivity contribution in [2.75, 3.05) is 0 Å². The van der Waals surface area contributed by atoms with Gasteiger partial charge in [-0.3, -0.25) is 9.59 Å². The minimum absolute atomic E-state index is 0.0831. The van der Waals surface area contributed by atoms with Gasteiger partial charge in [0.05, 0.1) is 5.92 Å². The molecule has 0 saturated carbocycles. The largest absolute Gasteiger partial charge is 0.293 e. The first-order valence-corrected chi connectivity index (χ1v) is 6.18. The standard InChI is InChI=1S/C14H9ClN2O2/c15-9-2-3-10-8(6-9)7-11(12(10)18)13(19)14-16-4-1-5-17-14/h1-6,11H,7H2. The molecule has 1 aliphatic rings. The predicted octanol–water partition coefficient (Wildman–Crippen LogP) is 2.37. The highest BCUT2D eigenvalue weighted by atomic mass is 35.5. The van der Waals surface area contributed by atoms with Crippen LogP contribution in [0.4, 0.5) is 0 Å². The number of carbonyl (C=O) groups excluding carboxylic acids is 2. The normalized spacial score (nSPS) is 17.3. The van der Waals surface area contributed by atoms with Crippen LogP contribution in [0.15, 0.2) is 36.7 Å². The Hall–Kier alpha value is -2.07. The average Bonchev–Trinajstić information content (AvgIpc) is 2.75. The lowest BCUT2D eigenvalue weighted by atomic mass is 9.99. The Kier molecular flexibility index (Phi) is 2.87. The summed E-state index contributed by atoms with van der Waals surface area (Å²) in [7, 11) is 0. The minimum atomic E-state index is -0.726. The van der Waals surface area contributed by atoms with E-state index < -0.39 is 5.92 Å². The lowest BCUT2D eigenvalue weighted by Gasteiger charge is -2.04. The van der Waals surface area contributed by atoms with E-state index in [1.165, 1.54) is 12.4 Å². The zero-order valence-corrected chi connectivity index (χ0v) is 10.6. The van der Waals surface area contributed by atoms with Crippen molar-refractivity contribution in [2.45, 2.75) is 6.42 Å². The molecule has 0 fully saturated rings. The molecule has 2 aromatic rings. The summed E-state index contributed by atoms with van der Waals surface area (Å²) in [6.45, 7) is 0. The van der Waals surface area contributed by atoms with Crippen molar-refractivity contribution in [3.8, 4) is 0 Å². The third-order valence-electron chi connectivity index (χ3n) is 3.18. The van der Waals surface area contributed by atoms with Gasteiger partial charge in [-0.1, -0.05) is 11.6 Å². The van der Waals surface area contributed by atoms with Crippen molar-refractivity contribution in [2.24, 2.45) is 5.92 Å². The van der Waals surface area contributed by atoms with E-state index in [0.29, 0.717) is 17.0 Å². The maximum Gasteiger partial charge on any atom is 0.211 e. The van der Waals surface area contributed by atoms with Crippen LogP contribution >= 0.6 is 11.6 Å². The molecule has 94 valence electrons. The number of hydrogen-bond donors (Lipinski definition) is 0. The number of aromatic nitrogens is 2. The Morgan fingerprint density at radius 3 is 2.74 bits per heavy atom. The molecule has 1 atom stereocenters. The van der Waals surface area contributed by atoms with Crippen LogP contribution in [0.2, 0.25) is 5.02 Å². The topological polar surface area (TPSA) is 59.9 Å². The summed E-state index contributed by atoms with van der Waals surface area (Å²) >= 11 is 5.89. The van der Waals surface area contributed by atoms with E-state index in [4.69, 9.17) is 11.6 Å². The highest BCUT2D eigenvalue weighted by molar-refractivity contribution is 6.31. The maximum atomic E-state index is 12.2. The van der Waals surface area contributed by atoms with E-state index >= 15 is 0 Å². The molecule has 4 nitrogen and oxygen atoms in total. The molecular formula is C14H9ClN2O2. The van der Waals surface area contributed by atoms with Gasteiger partial charge < -0.3 is 0 Å². The van der Waals surface area contributed by atoms with Crippen LogP contribution in [0.3, 0.4) is 0 Å². The molecule has 1 aromatic heterocycles. The van der Waals surface area contributed by atoms with Crippen LogP contribution in [0.25, 0.3) is 0 Å². The van der Waals surface area contributed by atoms with Crippen LogP contribution in [0.5, 0.6) is 0 Å². The van der Waals surface area contributed by atoms with Gasteiger partial charge in [0, 0.05) is 23.0 Å². The second-order valence-electron chi connectivity index (χ2n) is 4.36. The van der Waals surface area contributed by atoms with Crippen molar-refractivity contribution in [3.05, 3.63) is 58.6 Å². The van der Waals surface area contributed by atoms with Crippen molar-refractivity contribution in [3.63, 3.8) is 0 Å². The number of hydrogen-bond acceptors (Lipinski definition) is 4. The Morgan fingerprint density at radius 2 is 2.00 bits per heavy atom. The van der Waals surface area contributed by atoms with E-state index in [0.717, 1.165) is 5.56 Å². The number of fused-ring (bicyclic) bond motifs is 1. The molecule has 0 bridgehead atoms. The van der Waals surface area contributed by atoms with E-state index in [1.807, 2.05) is 0 Å². The number of nitrogens with zero attached hydrogens (tertiary/aromatic N) is 2. The smallest absolute Gasteiger partial charge is 0.211 e. The molecule has 0 saturated heterocycles. The average molecular weight is 273 g/mol. The quantitative estimate of drug-likeness (QED) is 0.622. The molecule has 19 heavy (non-hydrogen) atoms. The fraction of sp³-hybridized carbons (Fsp3) is 0.143. The van der Waals surface area contributed by atoms with Crippen LogP contribution < -0.4 is 0 Å². The summed E-state index contributed by atoms with van der Waals surface area (Å²) in [5.74, 6) is -1.15. The third kappa shape index (κ3) is 2.04. The third-order valence-corrected chi connectivity index (χ3v) is 3.41. The summed E-state index contributed by atoms with van der Waals surface area (Å²) in [5, 5.41) is 0.565. The Labute approximate surface area is 114 Å². The molecule has 1 unspecified atom stereocenters. The van der Waals surface area contributed by atoms with Gasteiger partial charge in [0.25, 0.3) is 0 Å². The fourth-order valence-electron chi connectivity index (χ4n) is 2.27. The van der Waals surface area contributed by atoms with Crippen molar-refractivity contribution < 1.29 is 9.59 Å². The first kappa shape index (κ1) is 12.0. The summed E-state index contributed by atoms with van der Waals surface area (Å²) in [6.07, 6.45) is 3.35. The van der Waals surface area contributed by atoms with E-state index in [1.54, 1.807) is 24.3 Å². The van der Waals surface area contributed by atoms with Crippen molar-refractivity contribution in [1.29, 1.82) is 0 Å². The summed E-state index contributed by atoms with van der Waals surface area (Å²) < 4.78 is 0. The molecule has 0 radical (unpaired) electrons. The SMILES string of the molecule is O=C(c1ncccn1)C1Cc2cc(Cl)ccc2C1=O. The van der Waals surface area contributed by atoms with Gasteiger partial charge in [0.15, 0.2) is 11.6 Å². The second-order valence-corrected chi connectivity index (χ2v) is 4.80. The number of Topliss-reactive ketones (excluding diaryl/α,β-unsaturated/α-hetero) is 2. The predicted molar refractivity (Wildman–Crippen MR) is 69.3 cm³/mol. The van der Waals surface area contributed by atoms with Gasteiger partial charge in [-0.15, -0.1) is 0 Å². The minimum Gasteiger partial charge on any atom is -0.293 e. The molecule has 0 amide bonds. The molecule has 1 aliphatic carbocycles. The zero-order valence-electron chi connectivity index (χ0n) is 9.84. The van der Waals surface area contributed by atoms with Crippen molar-refractivity contribution >= 4 is 23.2 Å². The van der Waals surface area contributed by atoms with Crippen LogP contribution in [-0.4, -0.2) is 21.5 Å². The van der Waals surface area contributed by atoms with Crippen LogP contribution in [0.1, 0.15) is 26.5 Å². The zero-order chi connectivity index (χ0) is 13.4. The molecule has 1 aromatic carbocycles. The van der Waals surface area contributed by atoms with E-state index in [-0.39, 0.29) is 17.4 Å². The molecule has 0 N–H and O–H groups in total. The van der Waals surface area contributed by atoms with Gasteiger partial charge in [0.1, 0.15) is 0 Å². The Bertz CT molecular complexity index is 670. The molecule has 0 spiro atoms. The summed E-state index contributed by atoms with van der Waals surface area (Å²) in [4.78, 5) is 32.2. The van der Waals surface area contributed by atoms with Gasteiger partial charge in [0.2, 0.25) is 5.78 Å². The number of rotatable bonds is 2. The lowest BCUT2D eigenvalue weighted by molar-refractivity contribution is 0.0815. The van der Waals surface area contributed by atoms with Crippen molar-refractivity contribution in [1.82, 2.24) is 9.97 Å². The molecule has 0 aliphatic heterocycles. The van der Waals surface area contributed by atoms with Crippen LogP contribution in [-0.2, 0) is 6.42 Å². The number of halogens is 1. The number of ketones is 2. The highest BCUT2D eigenvalue weighted by Gasteiger charge is 2.37. The monoisotopic (exact) mass is 272 g/mol. The number of benzene rings is 1. The second kappa shape index (κ2) is 4.55. The van der Waals surface area contributed by atoms with Crippen LogP contribution in [0, 0.1) is 5.92 Å². The van der Waals surface area contributed by atoms with E-state index in [2.05, 4.69) is 9.97 Å². The Balaban J connectivity index is 1.94. The Morgan fingerprint density at radius 1 is 1.26 bits per heavy atom. The van der Waals surface area contributed by atoms with Gasteiger partial charge in [-0.25, -0.2) is 9.97 Å². The maximum absolute atomic E-state index is 12.2. The molecule has 3 rings (SSSR count). The summed E-state index contributed by atoms with van der Waals surface area (Å²) in [5.41, 5.74) is 1.38. The lowest BCUT2D eigenvalue weighted by Crippen LogP contribution is -2.22. The first-order chi connectivity index (χ1) is 9.16.